The summed E-state index contributed by atoms with van der Waals surface area (Å²) in [6.45, 7) is 10.5. The minimum Gasteiger partial charge on any atom is -0.372 e. The topological polar surface area (TPSA) is 89.3 Å². The van der Waals surface area contributed by atoms with Gasteiger partial charge in [-0.25, -0.2) is 14.1 Å². The number of carbonyl (C=O) groups excluding carboxylic acids is 1. The molecule has 1 amide bonds. The molecule has 1 aliphatic heterocycles. The summed E-state index contributed by atoms with van der Waals surface area (Å²) in [5, 5.41) is 7.41. The fourth-order valence-electron chi connectivity index (χ4n) is 4.22. The molecule has 1 saturated heterocycles. The lowest BCUT2D eigenvalue weighted by molar-refractivity contribution is -0.00539. The smallest absolute Gasteiger partial charge is 0.277 e. The molecule has 0 bridgehead atoms. The van der Waals surface area contributed by atoms with E-state index in [1.807, 2.05) is 32.6 Å². The van der Waals surface area contributed by atoms with Crippen LogP contribution in [-0.4, -0.2) is 46.0 Å². The van der Waals surface area contributed by atoms with Crippen LogP contribution < -0.4 is 15.8 Å². The van der Waals surface area contributed by atoms with E-state index in [0.717, 1.165) is 22.6 Å². The highest BCUT2D eigenvalue weighted by Gasteiger charge is 2.25. The van der Waals surface area contributed by atoms with Crippen LogP contribution in [0.5, 0.6) is 0 Å². The molecule has 4 rings (SSSR count). The highest BCUT2D eigenvalue weighted by Crippen LogP contribution is 2.30. The summed E-state index contributed by atoms with van der Waals surface area (Å²) in [5.41, 5.74) is 2.95. The van der Waals surface area contributed by atoms with Crippen molar-refractivity contribution in [3.8, 4) is 10.6 Å². The predicted octanol–water partition coefficient (Wildman–Crippen LogP) is 3.83. The Morgan fingerprint density at radius 1 is 1.18 bits per heavy atom. The van der Waals surface area contributed by atoms with Crippen LogP contribution in [0.3, 0.4) is 0 Å². The van der Waals surface area contributed by atoms with E-state index in [1.165, 1.54) is 10.7 Å². The normalized spacial score (nSPS) is 18.3. The van der Waals surface area contributed by atoms with Gasteiger partial charge in [0.25, 0.3) is 11.5 Å². The number of aromatic nitrogens is 3. The molecule has 34 heavy (non-hydrogen) atoms. The molecule has 1 aromatic carbocycles. The van der Waals surface area contributed by atoms with Gasteiger partial charge >= 0.3 is 0 Å². The summed E-state index contributed by atoms with van der Waals surface area (Å²) >= 11 is 1.14. The number of nitrogens with one attached hydrogen (secondary N) is 1. The van der Waals surface area contributed by atoms with Gasteiger partial charge in [-0.15, -0.1) is 11.3 Å². The molecule has 2 aromatic heterocycles. The molecule has 8 nitrogen and oxygen atoms in total. The van der Waals surface area contributed by atoms with E-state index in [4.69, 9.17) is 4.74 Å². The van der Waals surface area contributed by atoms with E-state index in [-0.39, 0.29) is 17.8 Å². The van der Waals surface area contributed by atoms with Crippen LogP contribution in [0.15, 0.2) is 23.0 Å². The lowest BCUT2D eigenvalue weighted by atomic mass is 10.1. The fraction of sp³-hybridized carbons (Fsp3) is 0.417. The number of rotatable bonds is 4. The number of carbonyl (C=O) groups is 1. The molecule has 0 aliphatic carbocycles. The van der Waals surface area contributed by atoms with E-state index < -0.39 is 11.7 Å². The molecule has 0 spiro atoms. The molecule has 1 N–H and O–H groups in total. The van der Waals surface area contributed by atoms with Crippen LogP contribution in [-0.2, 0) is 11.8 Å². The van der Waals surface area contributed by atoms with Gasteiger partial charge < -0.3 is 15.0 Å². The Hall–Kier alpha value is -3.11. The van der Waals surface area contributed by atoms with Crippen molar-refractivity contribution >= 4 is 28.6 Å². The van der Waals surface area contributed by atoms with Crippen LogP contribution in [0.4, 0.5) is 15.8 Å². The maximum absolute atomic E-state index is 14.9. The SMILES string of the molecule is Cc1nc(-c2c(C)c(C)nn(C)c2=O)sc1C(=O)Nc1ccc(N2CC(C)OC(C)C2)c(F)c1. The summed E-state index contributed by atoms with van der Waals surface area (Å²) in [6.07, 6.45) is 0.0198. The lowest BCUT2D eigenvalue weighted by Gasteiger charge is -2.37. The third-order valence-electron chi connectivity index (χ3n) is 5.91. The zero-order valence-electron chi connectivity index (χ0n) is 20.1. The van der Waals surface area contributed by atoms with E-state index in [9.17, 15) is 14.0 Å². The van der Waals surface area contributed by atoms with Crippen LogP contribution in [0.25, 0.3) is 10.6 Å². The predicted molar refractivity (Wildman–Crippen MR) is 131 cm³/mol. The van der Waals surface area contributed by atoms with Crippen molar-refractivity contribution in [1.82, 2.24) is 14.8 Å². The maximum Gasteiger partial charge on any atom is 0.277 e. The lowest BCUT2D eigenvalue weighted by Crippen LogP contribution is -2.45. The average molecular weight is 486 g/mol. The second-order valence-electron chi connectivity index (χ2n) is 8.73. The van der Waals surface area contributed by atoms with E-state index in [1.54, 1.807) is 26.1 Å². The maximum atomic E-state index is 14.9. The van der Waals surface area contributed by atoms with Gasteiger partial charge in [-0.1, -0.05) is 0 Å². The summed E-state index contributed by atoms with van der Waals surface area (Å²) in [6, 6.07) is 4.68. The number of thiazole rings is 1. The zero-order valence-corrected chi connectivity index (χ0v) is 20.9. The number of benzene rings is 1. The van der Waals surface area contributed by atoms with E-state index >= 15 is 0 Å². The monoisotopic (exact) mass is 485 g/mol. The van der Waals surface area contributed by atoms with Crippen LogP contribution in [0, 0.1) is 26.6 Å². The summed E-state index contributed by atoms with van der Waals surface area (Å²) < 4.78 is 21.9. The Morgan fingerprint density at radius 2 is 1.85 bits per heavy atom. The number of amides is 1. The van der Waals surface area contributed by atoms with Gasteiger partial charge in [0.05, 0.1) is 34.8 Å². The Kier molecular flexibility index (Phi) is 6.55. The van der Waals surface area contributed by atoms with Gasteiger partial charge in [0.2, 0.25) is 0 Å². The van der Waals surface area contributed by atoms with Gasteiger partial charge in [-0.05, 0) is 58.4 Å². The molecule has 2 atom stereocenters. The molecule has 10 heteroatoms. The van der Waals surface area contributed by atoms with Crippen molar-refractivity contribution in [2.24, 2.45) is 7.05 Å². The van der Waals surface area contributed by atoms with Crippen LogP contribution >= 0.6 is 11.3 Å². The van der Waals surface area contributed by atoms with Gasteiger partial charge in [-0.2, -0.15) is 5.10 Å². The van der Waals surface area contributed by atoms with Gasteiger partial charge in [-0.3, -0.25) is 9.59 Å². The van der Waals surface area contributed by atoms with Gasteiger partial charge in [0.15, 0.2) is 0 Å². The van der Waals surface area contributed by atoms with Gasteiger partial charge in [0.1, 0.15) is 15.7 Å². The highest BCUT2D eigenvalue weighted by atomic mass is 32.1. The molecule has 3 aromatic rings. The minimum atomic E-state index is -0.410. The van der Waals surface area contributed by atoms with Crippen molar-refractivity contribution in [2.75, 3.05) is 23.3 Å². The number of nitrogens with zero attached hydrogens (tertiary/aromatic N) is 4. The first-order valence-corrected chi connectivity index (χ1v) is 11.9. The molecule has 3 heterocycles. The number of morpholine rings is 1. The number of hydrogen-bond acceptors (Lipinski definition) is 7. The Bertz CT molecular complexity index is 1310. The third-order valence-corrected chi connectivity index (χ3v) is 7.08. The summed E-state index contributed by atoms with van der Waals surface area (Å²) in [7, 11) is 1.59. The van der Waals surface area contributed by atoms with Crippen LogP contribution in [0.1, 0.15) is 40.5 Å². The third kappa shape index (κ3) is 4.60. The Labute approximate surface area is 201 Å². The van der Waals surface area contributed by atoms with Crippen molar-refractivity contribution < 1.29 is 13.9 Å². The first-order chi connectivity index (χ1) is 16.0. The second kappa shape index (κ2) is 9.27. The molecular weight excluding hydrogens is 457 g/mol. The first-order valence-electron chi connectivity index (χ1n) is 11.1. The summed E-state index contributed by atoms with van der Waals surface area (Å²) in [5.74, 6) is -0.811. The number of aryl methyl sites for hydroxylation is 3. The van der Waals surface area contributed by atoms with Crippen molar-refractivity contribution in [1.29, 1.82) is 0 Å². The molecule has 0 saturated carbocycles. The van der Waals surface area contributed by atoms with Crippen molar-refractivity contribution in [2.45, 2.75) is 46.8 Å². The standard InChI is InChI=1S/C24H28FN5O3S/c1-12-10-30(11-13(2)33-12)19-8-7-17(9-18(19)25)27-22(31)21-16(5)26-23(34-21)20-14(3)15(4)28-29(6)24(20)32/h7-9,12-13H,10-11H2,1-6H3,(H,27,31). The largest absolute Gasteiger partial charge is 0.372 e. The molecule has 180 valence electrons. The molecule has 0 radical (unpaired) electrons. The quantitative estimate of drug-likeness (QED) is 0.604. The Morgan fingerprint density at radius 3 is 2.50 bits per heavy atom. The van der Waals surface area contributed by atoms with E-state index in [0.29, 0.717) is 45.6 Å². The number of hydrogen-bond donors (Lipinski definition) is 1. The summed E-state index contributed by atoms with van der Waals surface area (Å²) in [4.78, 5) is 32.5. The van der Waals surface area contributed by atoms with Crippen LogP contribution in [0.2, 0.25) is 0 Å². The number of ether oxygens (including phenoxy) is 1. The van der Waals surface area contributed by atoms with E-state index in [2.05, 4.69) is 15.4 Å². The molecule has 2 unspecified atom stereocenters. The zero-order chi connectivity index (χ0) is 24.7. The first kappa shape index (κ1) is 24.0. The number of anilines is 2. The second-order valence-corrected chi connectivity index (χ2v) is 9.73. The van der Waals surface area contributed by atoms with Crippen molar-refractivity contribution in [3.05, 3.63) is 56.2 Å². The molecule has 1 aliphatic rings. The molecule has 1 fully saturated rings. The fourth-order valence-corrected chi connectivity index (χ4v) is 5.27. The van der Waals surface area contributed by atoms with Crippen molar-refractivity contribution in [3.63, 3.8) is 0 Å². The minimum absolute atomic E-state index is 0.00988. The number of halogens is 1. The van der Waals surface area contributed by atoms with Gasteiger partial charge in [0, 0.05) is 25.8 Å². The highest BCUT2D eigenvalue weighted by molar-refractivity contribution is 7.17. The molecular formula is C24H28FN5O3S. The Balaban J connectivity index is 1.57. The average Bonchev–Trinajstić information content (AvgIpc) is 3.13.